The lowest BCUT2D eigenvalue weighted by molar-refractivity contribution is -0.137. The number of hydrogen-bond donors (Lipinski definition) is 2. The summed E-state index contributed by atoms with van der Waals surface area (Å²) < 4.78 is 70.0. The van der Waals surface area contributed by atoms with Crippen LogP contribution in [0.2, 0.25) is 0 Å². The monoisotopic (exact) mass is 423 g/mol. The summed E-state index contributed by atoms with van der Waals surface area (Å²) >= 11 is 0. The number of carbonyl (C=O) groups is 1. The maximum atomic E-state index is 13.4. The van der Waals surface area contributed by atoms with Crippen LogP contribution in [0.25, 0.3) is 0 Å². The van der Waals surface area contributed by atoms with Gasteiger partial charge < -0.3 is 15.8 Å². The number of benzene rings is 2. The third kappa shape index (κ3) is 5.22. The second-order valence-corrected chi connectivity index (χ2v) is 6.17. The molecule has 0 unspecified atom stereocenters. The zero-order valence-electron chi connectivity index (χ0n) is 15.1. The van der Waals surface area contributed by atoms with Crippen molar-refractivity contribution in [3.63, 3.8) is 0 Å². The summed E-state index contributed by atoms with van der Waals surface area (Å²) in [5.74, 6) is -2.81. The molecule has 0 atom stereocenters. The lowest BCUT2D eigenvalue weighted by Crippen LogP contribution is -2.24. The highest BCUT2D eigenvalue weighted by atomic mass is 19.4. The van der Waals surface area contributed by atoms with Gasteiger partial charge in [-0.15, -0.1) is 0 Å². The predicted octanol–water partition coefficient (Wildman–Crippen LogP) is 4.68. The number of halogens is 5. The molecule has 0 aliphatic carbocycles. The fraction of sp³-hybridized carbons (Fsp3) is 0.100. The van der Waals surface area contributed by atoms with Crippen LogP contribution >= 0.6 is 0 Å². The number of nitrogens with zero attached hydrogens (tertiary/aromatic N) is 1. The Morgan fingerprint density at radius 1 is 1.00 bits per heavy atom. The highest BCUT2D eigenvalue weighted by molar-refractivity contribution is 5.98. The number of carbonyl (C=O) groups excluding carboxylic acids is 1. The molecule has 1 aromatic heterocycles. The molecule has 156 valence electrons. The number of nitrogens with two attached hydrogens (primary N) is 1. The number of anilines is 1. The van der Waals surface area contributed by atoms with E-state index in [9.17, 15) is 26.7 Å². The maximum absolute atomic E-state index is 13.4. The predicted molar refractivity (Wildman–Crippen MR) is 97.7 cm³/mol. The Morgan fingerprint density at radius 3 is 2.33 bits per heavy atom. The molecule has 0 saturated heterocycles. The smallest absolute Gasteiger partial charge is 0.416 e. The first-order chi connectivity index (χ1) is 14.1. The summed E-state index contributed by atoms with van der Waals surface area (Å²) in [5, 5.41) is 2.58. The van der Waals surface area contributed by atoms with Gasteiger partial charge in [-0.1, -0.05) is 12.1 Å². The zero-order chi connectivity index (χ0) is 21.9. The first-order valence-corrected chi connectivity index (χ1v) is 8.46. The van der Waals surface area contributed by atoms with Crippen molar-refractivity contribution in [3.05, 3.63) is 83.1 Å². The van der Waals surface area contributed by atoms with Gasteiger partial charge in [0.1, 0.15) is 23.1 Å². The van der Waals surface area contributed by atoms with E-state index in [-0.39, 0.29) is 29.4 Å². The normalized spacial score (nSPS) is 11.2. The van der Waals surface area contributed by atoms with Crippen molar-refractivity contribution in [2.75, 3.05) is 5.73 Å². The van der Waals surface area contributed by atoms with Crippen LogP contribution in [0, 0.1) is 11.8 Å². The molecule has 1 heterocycles. The average molecular weight is 423 g/mol. The number of amides is 1. The molecule has 3 rings (SSSR count). The molecule has 2 aromatic carbocycles. The molecule has 0 saturated carbocycles. The number of hydrogen-bond acceptors (Lipinski definition) is 4. The molecule has 0 spiro atoms. The van der Waals surface area contributed by atoms with E-state index in [0.717, 1.165) is 12.1 Å². The van der Waals surface area contributed by atoms with Crippen LogP contribution in [0.3, 0.4) is 0 Å². The molecule has 0 radical (unpaired) electrons. The van der Waals surface area contributed by atoms with Gasteiger partial charge in [0.25, 0.3) is 5.91 Å². The topological polar surface area (TPSA) is 77.2 Å². The van der Waals surface area contributed by atoms with E-state index >= 15 is 0 Å². The number of ether oxygens (including phenoxy) is 1. The van der Waals surface area contributed by atoms with E-state index in [1.54, 1.807) is 12.1 Å². The molecule has 3 aromatic rings. The number of nitrogens with one attached hydrogen (secondary N) is 1. The quantitative estimate of drug-likeness (QED) is 0.461. The molecule has 30 heavy (non-hydrogen) atoms. The minimum Gasteiger partial charge on any atom is -0.457 e. The fourth-order valence-electron chi connectivity index (χ4n) is 2.52. The SMILES string of the molecule is Nc1nc(F)ccc1C(=O)NCc1ccc(Oc2cc(F)cc(C(F)(F)F)c2)cc1. The lowest BCUT2D eigenvalue weighted by atomic mass is 10.2. The van der Waals surface area contributed by atoms with Crippen molar-refractivity contribution in [2.24, 2.45) is 0 Å². The third-order valence-electron chi connectivity index (χ3n) is 3.95. The molecule has 10 heteroatoms. The molecule has 3 N–H and O–H groups in total. The van der Waals surface area contributed by atoms with E-state index in [2.05, 4.69) is 10.3 Å². The lowest BCUT2D eigenvalue weighted by Gasteiger charge is -2.11. The Balaban J connectivity index is 1.64. The van der Waals surface area contributed by atoms with E-state index < -0.39 is 29.4 Å². The minimum atomic E-state index is -4.70. The Labute approximate surface area is 167 Å². The van der Waals surface area contributed by atoms with Gasteiger partial charge in [0.05, 0.1) is 11.1 Å². The van der Waals surface area contributed by atoms with Crippen LogP contribution < -0.4 is 15.8 Å². The van der Waals surface area contributed by atoms with Gasteiger partial charge >= 0.3 is 6.18 Å². The second kappa shape index (κ2) is 8.36. The van der Waals surface area contributed by atoms with Crippen LogP contribution in [0.1, 0.15) is 21.5 Å². The van der Waals surface area contributed by atoms with Crippen LogP contribution in [-0.4, -0.2) is 10.9 Å². The Kier molecular flexibility index (Phi) is 5.86. The molecule has 1 amide bonds. The summed E-state index contributed by atoms with van der Waals surface area (Å²) in [6.07, 6.45) is -4.70. The fourth-order valence-corrected chi connectivity index (χ4v) is 2.52. The molecule has 5 nitrogen and oxygen atoms in total. The van der Waals surface area contributed by atoms with E-state index in [0.29, 0.717) is 17.7 Å². The van der Waals surface area contributed by atoms with Gasteiger partial charge in [-0.3, -0.25) is 4.79 Å². The Hall–Kier alpha value is -3.69. The van der Waals surface area contributed by atoms with Crippen molar-refractivity contribution >= 4 is 11.7 Å². The van der Waals surface area contributed by atoms with Gasteiger partial charge in [0.15, 0.2) is 0 Å². The van der Waals surface area contributed by atoms with Crippen molar-refractivity contribution in [2.45, 2.75) is 12.7 Å². The van der Waals surface area contributed by atoms with Crippen molar-refractivity contribution in [3.8, 4) is 11.5 Å². The van der Waals surface area contributed by atoms with Crippen LogP contribution in [0.15, 0.2) is 54.6 Å². The van der Waals surface area contributed by atoms with Crippen LogP contribution in [0.4, 0.5) is 27.8 Å². The third-order valence-corrected chi connectivity index (χ3v) is 3.95. The van der Waals surface area contributed by atoms with Gasteiger partial charge in [-0.25, -0.2) is 9.37 Å². The second-order valence-electron chi connectivity index (χ2n) is 6.17. The zero-order valence-corrected chi connectivity index (χ0v) is 15.1. The van der Waals surface area contributed by atoms with Gasteiger partial charge in [0.2, 0.25) is 5.95 Å². The van der Waals surface area contributed by atoms with Crippen molar-refractivity contribution < 1.29 is 31.5 Å². The molecule has 0 aliphatic heterocycles. The van der Waals surface area contributed by atoms with E-state index in [1.165, 1.54) is 18.2 Å². The summed E-state index contributed by atoms with van der Waals surface area (Å²) in [7, 11) is 0. The molecule has 0 fully saturated rings. The summed E-state index contributed by atoms with van der Waals surface area (Å²) in [4.78, 5) is 15.5. The van der Waals surface area contributed by atoms with Gasteiger partial charge in [0, 0.05) is 12.6 Å². The Bertz CT molecular complexity index is 1070. The molecular formula is C20H14F5N3O2. The Morgan fingerprint density at radius 2 is 1.70 bits per heavy atom. The highest BCUT2D eigenvalue weighted by Gasteiger charge is 2.31. The van der Waals surface area contributed by atoms with Gasteiger partial charge in [-0.2, -0.15) is 17.6 Å². The van der Waals surface area contributed by atoms with Crippen LogP contribution in [-0.2, 0) is 12.7 Å². The van der Waals surface area contributed by atoms with Crippen molar-refractivity contribution in [1.29, 1.82) is 0 Å². The number of pyridine rings is 1. The summed E-state index contributed by atoms with van der Waals surface area (Å²) in [6.45, 7) is 0.0914. The molecule has 0 bridgehead atoms. The number of rotatable bonds is 5. The largest absolute Gasteiger partial charge is 0.457 e. The molecular weight excluding hydrogens is 409 g/mol. The van der Waals surface area contributed by atoms with Gasteiger partial charge in [-0.05, 0) is 42.0 Å². The van der Waals surface area contributed by atoms with Crippen molar-refractivity contribution in [1.82, 2.24) is 10.3 Å². The maximum Gasteiger partial charge on any atom is 0.416 e. The molecule has 0 aliphatic rings. The van der Waals surface area contributed by atoms with Crippen LogP contribution in [0.5, 0.6) is 11.5 Å². The summed E-state index contributed by atoms with van der Waals surface area (Å²) in [6, 6.07) is 10.1. The average Bonchev–Trinajstić information content (AvgIpc) is 2.66. The first-order valence-electron chi connectivity index (χ1n) is 8.46. The minimum absolute atomic E-state index is 0.0166. The highest BCUT2D eigenvalue weighted by Crippen LogP contribution is 2.33. The summed E-state index contributed by atoms with van der Waals surface area (Å²) in [5.41, 5.74) is 5.00. The first kappa shape index (κ1) is 21.0. The van der Waals surface area contributed by atoms with E-state index in [1.807, 2.05) is 0 Å². The number of nitrogen functional groups attached to an aromatic ring is 1. The number of aromatic nitrogens is 1. The standard InChI is InChI=1S/C20H14F5N3O2/c21-13-7-12(20(23,24)25)8-15(9-13)30-14-3-1-11(2-4-14)10-27-19(29)16-5-6-17(22)28-18(16)26/h1-9H,10H2,(H2,26,28)(H,27,29). The number of alkyl halides is 3. The van der Waals surface area contributed by atoms with E-state index in [4.69, 9.17) is 10.5 Å².